The number of hydrogen-bond donors (Lipinski definition) is 3. The maximum Gasteiger partial charge on any atom is 0.405 e. The molecular weight excluding hydrogens is 435 g/mol. The Balaban J connectivity index is 1.81. The molecule has 0 radical (unpaired) electrons. The van der Waals surface area contributed by atoms with E-state index in [9.17, 15) is 18.0 Å². The quantitative estimate of drug-likeness (QED) is 0.588. The molecule has 0 aliphatic carbocycles. The Morgan fingerprint density at radius 2 is 2.19 bits per heavy atom. The number of aliphatic imine (C=N–C) groups is 1. The average Bonchev–Trinajstić information content (AvgIpc) is 2.99. The summed E-state index contributed by atoms with van der Waals surface area (Å²) in [6.45, 7) is 0.517. The van der Waals surface area contributed by atoms with Crippen LogP contribution in [0.2, 0.25) is 0 Å². The van der Waals surface area contributed by atoms with Gasteiger partial charge in [-0.1, -0.05) is 17.7 Å². The summed E-state index contributed by atoms with van der Waals surface area (Å²) in [6, 6.07) is -1.17. The number of carbonyl (C=O) groups excluding carboxylic acids is 1. The van der Waals surface area contributed by atoms with Crippen molar-refractivity contribution in [3.63, 3.8) is 0 Å². The van der Waals surface area contributed by atoms with Crippen molar-refractivity contribution in [2.45, 2.75) is 44.4 Å². The Kier molecular flexibility index (Phi) is 6.73. The summed E-state index contributed by atoms with van der Waals surface area (Å²) in [5, 5.41) is 5.06. The minimum Gasteiger partial charge on any atom is -0.403 e. The number of anilines is 1. The lowest BCUT2D eigenvalue weighted by molar-refractivity contribution is -0.123. The Morgan fingerprint density at radius 3 is 2.81 bits per heavy atom. The standard InChI is InChI=1S/C19H23ClF3N7O/c1-10-8-26-17(28-14(7-24)16(20)25-2)29-15(10)11-5-12-3-4-13(6-11)30(12)18(31)27-9-19(21,22)23/h5,7-8,12-13H,3-4,6,9,24H2,1-2H3,(H,27,31)(H,26,28,29). The predicted molar refractivity (Wildman–Crippen MR) is 113 cm³/mol. The number of alkyl halides is 3. The van der Waals surface area contributed by atoms with E-state index in [4.69, 9.17) is 17.3 Å². The van der Waals surface area contributed by atoms with Crippen LogP contribution < -0.4 is 16.4 Å². The van der Waals surface area contributed by atoms with Crippen LogP contribution in [-0.2, 0) is 0 Å². The Hall–Kier alpha value is -2.82. The second kappa shape index (κ2) is 9.13. The maximum atomic E-state index is 12.5. The summed E-state index contributed by atoms with van der Waals surface area (Å²) in [5.41, 5.74) is 8.38. The number of allylic oxidation sites excluding steroid dienone is 1. The number of nitrogens with two attached hydrogens (primary N) is 1. The van der Waals surface area contributed by atoms with Gasteiger partial charge in [0.2, 0.25) is 5.95 Å². The molecule has 8 nitrogen and oxygen atoms in total. The van der Waals surface area contributed by atoms with Gasteiger partial charge in [-0.2, -0.15) is 13.2 Å². The normalized spacial score (nSPS) is 21.7. The number of hydrogen-bond acceptors (Lipinski definition) is 6. The van der Waals surface area contributed by atoms with Crippen LogP contribution in [0.4, 0.5) is 23.9 Å². The van der Waals surface area contributed by atoms with Crippen molar-refractivity contribution in [3.8, 4) is 0 Å². The zero-order valence-electron chi connectivity index (χ0n) is 17.0. The zero-order valence-corrected chi connectivity index (χ0v) is 17.8. The smallest absolute Gasteiger partial charge is 0.403 e. The van der Waals surface area contributed by atoms with Gasteiger partial charge in [0, 0.05) is 25.5 Å². The lowest BCUT2D eigenvalue weighted by atomic mass is 9.96. The van der Waals surface area contributed by atoms with E-state index in [1.165, 1.54) is 18.1 Å². The van der Waals surface area contributed by atoms with E-state index < -0.39 is 18.8 Å². The van der Waals surface area contributed by atoms with Crippen molar-refractivity contribution in [3.05, 3.63) is 35.4 Å². The molecule has 3 rings (SSSR count). The van der Waals surface area contributed by atoms with E-state index >= 15 is 0 Å². The van der Waals surface area contributed by atoms with Crippen LogP contribution >= 0.6 is 11.6 Å². The van der Waals surface area contributed by atoms with E-state index in [2.05, 4.69) is 20.3 Å². The molecule has 3 heterocycles. The molecule has 4 N–H and O–H groups in total. The van der Waals surface area contributed by atoms with E-state index in [1.807, 2.05) is 18.3 Å². The molecule has 2 unspecified atom stereocenters. The van der Waals surface area contributed by atoms with Crippen molar-refractivity contribution in [1.82, 2.24) is 20.2 Å². The minimum absolute atomic E-state index is 0.170. The predicted octanol–water partition coefficient (Wildman–Crippen LogP) is 3.16. The molecule has 168 valence electrons. The van der Waals surface area contributed by atoms with Crippen molar-refractivity contribution in [2.75, 3.05) is 18.9 Å². The Labute approximate surface area is 182 Å². The highest BCUT2D eigenvalue weighted by molar-refractivity contribution is 6.69. The first-order chi connectivity index (χ1) is 14.6. The maximum absolute atomic E-state index is 12.5. The molecule has 0 spiro atoms. The molecule has 1 aromatic rings. The number of rotatable bonds is 5. The van der Waals surface area contributed by atoms with Gasteiger partial charge < -0.3 is 21.3 Å². The average molecular weight is 458 g/mol. The molecular formula is C19H23ClF3N7O. The number of nitrogens with zero attached hydrogens (tertiary/aromatic N) is 4. The van der Waals surface area contributed by atoms with E-state index in [0.717, 1.165) is 11.1 Å². The zero-order chi connectivity index (χ0) is 22.8. The van der Waals surface area contributed by atoms with Gasteiger partial charge >= 0.3 is 12.2 Å². The molecule has 31 heavy (non-hydrogen) atoms. The molecule has 1 aromatic heterocycles. The topological polar surface area (TPSA) is 109 Å². The summed E-state index contributed by atoms with van der Waals surface area (Å²) in [4.78, 5) is 26.5. The third-order valence-electron chi connectivity index (χ3n) is 5.18. The number of aromatic nitrogens is 2. The van der Waals surface area contributed by atoms with Gasteiger partial charge in [-0.15, -0.1) is 0 Å². The number of carbonyl (C=O) groups is 1. The fourth-order valence-electron chi connectivity index (χ4n) is 3.82. The van der Waals surface area contributed by atoms with Crippen LogP contribution in [0, 0.1) is 6.92 Å². The molecule has 0 aromatic carbocycles. The number of halogens is 4. The van der Waals surface area contributed by atoms with Crippen molar-refractivity contribution in [2.24, 2.45) is 10.7 Å². The summed E-state index contributed by atoms with van der Waals surface area (Å²) < 4.78 is 37.4. The summed E-state index contributed by atoms with van der Waals surface area (Å²) in [5.74, 6) is 0.276. The first kappa shape index (κ1) is 22.9. The second-order valence-corrected chi connectivity index (χ2v) is 7.68. The first-order valence-electron chi connectivity index (χ1n) is 9.62. The molecule has 1 saturated heterocycles. The van der Waals surface area contributed by atoms with Crippen molar-refractivity contribution >= 4 is 34.3 Å². The largest absolute Gasteiger partial charge is 0.405 e. The Morgan fingerprint density at radius 1 is 1.45 bits per heavy atom. The van der Waals surface area contributed by atoms with Crippen LogP contribution in [0.25, 0.3) is 5.57 Å². The second-order valence-electron chi connectivity index (χ2n) is 7.32. The molecule has 2 aliphatic rings. The molecule has 0 saturated carbocycles. The molecule has 12 heteroatoms. The van der Waals surface area contributed by atoms with Gasteiger partial charge in [0.05, 0.1) is 17.4 Å². The number of aryl methyl sites for hydroxylation is 1. The highest BCUT2D eigenvalue weighted by atomic mass is 35.5. The lowest BCUT2D eigenvalue weighted by Gasteiger charge is -2.34. The third kappa shape index (κ3) is 5.27. The fraction of sp³-hybridized carbons (Fsp3) is 0.474. The van der Waals surface area contributed by atoms with E-state index in [1.54, 1.807) is 6.20 Å². The first-order valence-corrected chi connectivity index (χ1v) is 10.00. The fourth-order valence-corrected chi connectivity index (χ4v) is 3.93. The van der Waals surface area contributed by atoms with Crippen molar-refractivity contribution in [1.29, 1.82) is 0 Å². The van der Waals surface area contributed by atoms with Gasteiger partial charge in [0.25, 0.3) is 0 Å². The molecule has 2 atom stereocenters. The molecule has 1 fully saturated rings. The monoisotopic (exact) mass is 457 g/mol. The van der Waals surface area contributed by atoms with Crippen LogP contribution in [0.3, 0.4) is 0 Å². The van der Waals surface area contributed by atoms with Crippen LogP contribution in [0.5, 0.6) is 0 Å². The molecule has 2 aliphatic heterocycles. The highest BCUT2D eigenvalue weighted by Crippen LogP contribution is 2.39. The SMILES string of the molecule is CN=C(Cl)C(=CN)Nc1ncc(C)c(C2=CC3CCC(C2)N3C(=O)NCC(F)(F)F)n1. The Bertz CT molecular complexity index is 945. The van der Waals surface area contributed by atoms with Gasteiger partial charge in [0.1, 0.15) is 11.7 Å². The molecule has 2 amide bonds. The summed E-state index contributed by atoms with van der Waals surface area (Å²) >= 11 is 6.01. The summed E-state index contributed by atoms with van der Waals surface area (Å²) in [6.07, 6.45) is 2.25. The van der Waals surface area contributed by atoms with Crippen LogP contribution in [-0.4, -0.2) is 57.9 Å². The van der Waals surface area contributed by atoms with Crippen LogP contribution in [0.15, 0.2) is 29.2 Å². The summed E-state index contributed by atoms with van der Waals surface area (Å²) in [7, 11) is 1.52. The van der Waals surface area contributed by atoms with E-state index in [0.29, 0.717) is 30.7 Å². The van der Waals surface area contributed by atoms with Gasteiger partial charge in [-0.25, -0.2) is 14.8 Å². The third-order valence-corrected chi connectivity index (χ3v) is 5.55. The van der Waals surface area contributed by atoms with Crippen molar-refractivity contribution < 1.29 is 18.0 Å². The van der Waals surface area contributed by atoms with Gasteiger partial charge in [-0.05, 0) is 37.3 Å². The highest BCUT2D eigenvalue weighted by Gasteiger charge is 2.41. The lowest BCUT2D eigenvalue weighted by Crippen LogP contribution is -2.50. The van der Waals surface area contributed by atoms with Gasteiger partial charge in [0.15, 0.2) is 0 Å². The van der Waals surface area contributed by atoms with Gasteiger partial charge in [-0.3, -0.25) is 4.99 Å². The molecule has 2 bridgehead atoms. The van der Waals surface area contributed by atoms with Crippen LogP contribution in [0.1, 0.15) is 30.5 Å². The number of nitrogens with one attached hydrogen (secondary N) is 2. The number of fused-ring (bicyclic) bond motifs is 2. The van der Waals surface area contributed by atoms with E-state index in [-0.39, 0.29) is 23.2 Å². The number of amides is 2. The minimum atomic E-state index is -4.45. The number of urea groups is 1.